The molecule has 0 fully saturated rings. The van der Waals surface area contributed by atoms with E-state index in [1.54, 1.807) is 0 Å². The molecule has 0 bridgehead atoms. The van der Waals surface area contributed by atoms with E-state index in [1.807, 2.05) is 0 Å². The number of alkyl halides is 24. The molecule has 3 atom stereocenters. The molecule has 0 radical (unpaired) electrons. The Balaban J connectivity index is 6.41. The molecule has 0 rings (SSSR count). The average molecular weight is 898 g/mol. The van der Waals surface area contributed by atoms with Gasteiger partial charge in [0.1, 0.15) is 6.10 Å². The first-order chi connectivity index (χ1) is 24.2. The lowest BCUT2D eigenvalue weighted by molar-refractivity contribution is -0.522. The largest absolute Gasteiger partial charge is 0.527 e. The Morgan fingerprint density at radius 3 is 1.09 bits per heavy atom. The van der Waals surface area contributed by atoms with Crippen LogP contribution in [0.5, 0.6) is 0 Å². The van der Waals surface area contributed by atoms with Crippen molar-refractivity contribution in [2.75, 3.05) is 19.8 Å². The maximum absolute atomic E-state index is 14.4. The van der Waals surface area contributed by atoms with E-state index < -0.39 is 104 Å². The second-order valence-corrected chi connectivity index (χ2v) is 12.1. The number of hydrogen-bond donors (Lipinski definition) is 0. The standard InChI is InChI=1S/C24H26F24O8/c1-13(2,3)49-7-6-14(4,5)50-8-10(52-16(29,30)12(26)54-20(37,38)18(33,34)22(41,42)56-24(46,47)48)9-51-15(27,28)11(25)53-19(35,36)17(31,32)21(39,40)55-23(43,44)45/h10-12H,6-9H2,1-5H3. The fraction of sp³-hybridized carbons (Fsp3) is 1.00. The summed E-state index contributed by atoms with van der Waals surface area (Å²) in [6.45, 7) is 1.72. The van der Waals surface area contributed by atoms with Crippen LogP contribution in [0.3, 0.4) is 0 Å². The third-order valence-corrected chi connectivity index (χ3v) is 5.67. The molecule has 0 aromatic heterocycles. The molecule has 0 saturated heterocycles. The molecule has 0 heterocycles. The van der Waals surface area contributed by atoms with Gasteiger partial charge in [0.15, 0.2) is 0 Å². The lowest BCUT2D eigenvalue weighted by Crippen LogP contribution is -2.60. The first-order valence-corrected chi connectivity index (χ1v) is 14.0. The predicted octanol–water partition coefficient (Wildman–Crippen LogP) is 9.91. The third kappa shape index (κ3) is 15.6. The number of rotatable bonds is 23. The maximum atomic E-state index is 14.4. The Morgan fingerprint density at radius 1 is 0.411 bits per heavy atom. The molecular formula is C24H26F24O8. The van der Waals surface area contributed by atoms with Crippen LogP contribution in [0, 0.1) is 0 Å². The van der Waals surface area contributed by atoms with Gasteiger partial charge in [-0.2, -0.15) is 70.2 Å². The predicted molar refractivity (Wildman–Crippen MR) is 127 cm³/mol. The summed E-state index contributed by atoms with van der Waals surface area (Å²) >= 11 is 0. The van der Waals surface area contributed by atoms with E-state index in [-0.39, 0.29) is 13.0 Å². The van der Waals surface area contributed by atoms with Crippen LogP contribution in [0.1, 0.15) is 41.0 Å². The van der Waals surface area contributed by atoms with Gasteiger partial charge in [0.05, 0.1) is 24.4 Å². The van der Waals surface area contributed by atoms with Gasteiger partial charge in [0.25, 0.3) is 12.7 Å². The van der Waals surface area contributed by atoms with Crippen molar-refractivity contribution >= 4 is 0 Å². The van der Waals surface area contributed by atoms with Crippen molar-refractivity contribution in [2.24, 2.45) is 0 Å². The average Bonchev–Trinajstić information content (AvgIpc) is 2.90. The molecule has 56 heavy (non-hydrogen) atoms. The molecule has 0 amide bonds. The molecule has 0 aliphatic heterocycles. The van der Waals surface area contributed by atoms with Gasteiger partial charge in [-0.15, -0.1) is 26.3 Å². The Bertz CT molecular complexity index is 1230. The van der Waals surface area contributed by atoms with Gasteiger partial charge in [-0.3, -0.25) is 9.47 Å². The van der Waals surface area contributed by atoms with Crippen molar-refractivity contribution in [1.82, 2.24) is 0 Å². The van der Waals surface area contributed by atoms with Crippen LogP contribution in [-0.4, -0.2) is 111 Å². The van der Waals surface area contributed by atoms with Crippen LogP contribution in [0.25, 0.3) is 0 Å². The van der Waals surface area contributed by atoms with Gasteiger partial charge < -0.3 is 18.9 Å². The van der Waals surface area contributed by atoms with Crippen molar-refractivity contribution in [3.63, 3.8) is 0 Å². The zero-order chi connectivity index (χ0) is 45.2. The summed E-state index contributed by atoms with van der Waals surface area (Å²) in [5.74, 6) is -15.3. The van der Waals surface area contributed by atoms with E-state index in [2.05, 4.69) is 18.9 Å². The highest BCUT2D eigenvalue weighted by molar-refractivity contribution is 4.88. The van der Waals surface area contributed by atoms with E-state index in [0.29, 0.717) is 0 Å². The minimum absolute atomic E-state index is 0.314. The van der Waals surface area contributed by atoms with Crippen LogP contribution < -0.4 is 0 Å². The Hall–Kier alpha value is -2.00. The van der Waals surface area contributed by atoms with E-state index in [0.717, 1.165) is 13.8 Å². The second-order valence-electron chi connectivity index (χ2n) is 12.1. The fourth-order valence-corrected chi connectivity index (χ4v) is 2.96. The van der Waals surface area contributed by atoms with Crippen LogP contribution in [-0.2, 0) is 37.9 Å². The van der Waals surface area contributed by atoms with Crippen LogP contribution in [0.15, 0.2) is 0 Å². The minimum Gasteiger partial charge on any atom is -0.376 e. The fourth-order valence-electron chi connectivity index (χ4n) is 2.96. The highest BCUT2D eigenvalue weighted by atomic mass is 19.4. The summed E-state index contributed by atoms with van der Waals surface area (Å²) in [6, 6.07) is 0. The first-order valence-electron chi connectivity index (χ1n) is 14.0. The second kappa shape index (κ2) is 17.3. The number of ether oxygens (including phenoxy) is 8. The van der Waals surface area contributed by atoms with Crippen molar-refractivity contribution in [3.8, 4) is 0 Å². The van der Waals surface area contributed by atoms with Gasteiger partial charge in [-0.05, 0) is 41.0 Å². The van der Waals surface area contributed by atoms with Crippen LogP contribution in [0.4, 0.5) is 105 Å². The number of hydrogen-bond acceptors (Lipinski definition) is 8. The summed E-state index contributed by atoms with van der Waals surface area (Å²) in [5.41, 5.74) is -2.65. The van der Waals surface area contributed by atoms with Crippen LogP contribution >= 0.6 is 0 Å². The zero-order valence-corrected chi connectivity index (χ0v) is 27.9. The van der Waals surface area contributed by atoms with Gasteiger partial charge >= 0.3 is 61.2 Å². The van der Waals surface area contributed by atoms with E-state index in [4.69, 9.17) is 9.47 Å². The molecule has 0 aliphatic carbocycles. The lowest BCUT2D eigenvalue weighted by atomic mass is 10.1. The summed E-state index contributed by atoms with van der Waals surface area (Å²) in [6.07, 6.45) is -70.8. The van der Waals surface area contributed by atoms with Gasteiger partial charge in [0, 0.05) is 6.61 Å². The SMILES string of the molecule is CC(C)(C)OCCC(C)(C)OCC(COC(F)(F)C(F)OC(F)(F)C(F)(F)C(F)(F)OC(F)(F)F)OC(F)(F)C(F)OC(F)(F)C(F)(F)C(F)(F)OC(F)(F)F. The molecule has 0 aromatic carbocycles. The molecular weight excluding hydrogens is 872 g/mol. The Kier molecular flexibility index (Phi) is 16.7. The molecule has 8 nitrogen and oxygen atoms in total. The topological polar surface area (TPSA) is 73.8 Å². The number of halogens is 24. The Labute approximate surface area is 296 Å². The summed E-state index contributed by atoms with van der Waals surface area (Å²) < 4.78 is 342. The zero-order valence-electron chi connectivity index (χ0n) is 27.9. The van der Waals surface area contributed by atoms with Gasteiger partial charge in [0.2, 0.25) is 0 Å². The molecule has 3 unspecified atom stereocenters. The third-order valence-electron chi connectivity index (χ3n) is 5.67. The highest BCUT2D eigenvalue weighted by Crippen LogP contribution is 2.52. The Morgan fingerprint density at radius 2 is 0.750 bits per heavy atom. The molecule has 338 valence electrons. The van der Waals surface area contributed by atoms with Crippen LogP contribution in [0.2, 0.25) is 0 Å². The normalized spacial score (nSPS) is 17.3. The van der Waals surface area contributed by atoms with Crippen molar-refractivity contribution in [1.29, 1.82) is 0 Å². The minimum atomic E-state index is -7.68. The smallest absolute Gasteiger partial charge is 0.376 e. The molecule has 0 spiro atoms. The molecule has 0 aliphatic rings. The van der Waals surface area contributed by atoms with E-state index >= 15 is 0 Å². The van der Waals surface area contributed by atoms with E-state index in [9.17, 15) is 105 Å². The molecule has 0 saturated carbocycles. The lowest BCUT2D eigenvalue weighted by Gasteiger charge is -2.35. The van der Waals surface area contributed by atoms with Crippen molar-refractivity contribution in [3.05, 3.63) is 0 Å². The van der Waals surface area contributed by atoms with Crippen molar-refractivity contribution in [2.45, 2.75) is 132 Å². The maximum Gasteiger partial charge on any atom is 0.527 e. The quantitative estimate of drug-likeness (QED) is 0.0940. The van der Waals surface area contributed by atoms with E-state index in [1.165, 1.54) is 30.2 Å². The molecule has 0 aromatic rings. The molecule has 32 heteroatoms. The highest BCUT2D eigenvalue weighted by Gasteiger charge is 2.79. The summed E-state index contributed by atoms with van der Waals surface area (Å²) in [5, 5.41) is 0. The van der Waals surface area contributed by atoms with Crippen molar-refractivity contribution < 1.29 is 143 Å². The van der Waals surface area contributed by atoms with Gasteiger partial charge in [-0.1, -0.05) is 0 Å². The summed E-state index contributed by atoms with van der Waals surface area (Å²) in [7, 11) is 0. The first kappa shape index (κ1) is 54.0. The molecule has 0 N–H and O–H groups in total. The summed E-state index contributed by atoms with van der Waals surface area (Å²) in [4.78, 5) is 0. The monoisotopic (exact) mass is 898 g/mol. The van der Waals surface area contributed by atoms with Gasteiger partial charge in [-0.25, -0.2) is 18.3 Å².